The summed E-state index contributed by atoms with van der Waals surface area (Å²) in [4.78, 5) is 2.45. The molecule has 2 unspecified atom stereocenters. The summed E-state index contributed by atoms with van der Waals surface area (Å²) in [5.74, 6) is 0.860. The van der Waals surface area contributed by atoms with E-state index in [0.29, 0.717) is 6.10 Å². The Morgan fingerprint density at radius 2 is 2.06 bits per heavy atom. The third-order valence-electron chi connectivity index (χ3n) is 4.51. The Kier molecular flexibility index (Phi) is 6.61. The number of hydrogen-bond acceptors (Lipinski definition) is 3. The summed E-state index contributed by atoms with van der Waals surface area (Å²) in [5, 5.41) is 0. The van der Waals surface area contributed by atoms with Crippen molar-refractivity contribution < 1.29 is 4.74 Å². The summed E-state index contributed by atoms with van der Waals surface area (Å²) in [6, 6.07) is 0. The van der Waals surface area contributed by atoms with Crippen LogP contribution in [0.5, 0.6) is 0 Å². The van der Waals surface area contributed by atoms with Crippen LogP contribution in [0.2, 0.25) is 0 Å². The van der Waals surface area contributed by atoms with Gasteiger partial charge in [-0.05, 0) is 46.1 Å². The van der Waals surface area contributed by atoms with Crippen molar-refractivity contribution in [3.8, 4) is 0 Å². The maximum Gasteiger partial charge on any atom is 0.0597 e. The zero-order valence-corrected chi connectivity index (χ0v) is 12.7. The molecule has 0 aromatic heterocycles. The highest BCUT2D eigenvalue weighted by atomic mass is 16.5. The largest absolute Gasteiger partial charge is 0.377 e. The lowest BCUT2D eigenvalue weighted by Gasteiger charge is -2.41. The van der Waals surface area contributed by atoms with Crippen LogP contribution in [0.3, 0.4) is 0 Å². The predicted molar refractivity (Wildman–Crippen MR) is 77.8 cm³/mol. The smallest absolute Gasteiger partial charge is 0.0597 e. The van der Waals surface area contributed by atoms with Crippen LogP contribution >= 0.6 is 0 Å². The molecule has 0 heterocycles. The third-order valence-corrected chi connectivity index (χ3v) is 4.51. The molecular formula is C15H32N2O. The second kappa shape index (κ2) is 7.46. The summed E-state index contributed by atoms with van der Waals surface area (Å²) >= 11 is 0. The van der Waals surface area contributed by atoms with Gasteiger partial charge >= 0.3 is 0 Å². The fourth-order valence-electron chi connectivity index (χ4n) is 2.97. The molecule has 1 rings (SSSR count). The van der Waals surface area contributed by atoms with Crippen LogP contribution < -0.4 is 5.73 Å². The normalized spacial score (nSPS) is 29.8. The van der Waals surface area contributed by atoms with Crippen LogP contribution in [-0.4, -0.2) is 43.3 Å². The maximum atomic E-state index is 6.10. The Hall–Kier alpha value is -0.120. The Bertz CT molecular complexity index is 233. The van der Waals surface area contributed by atoms with Crippen molar-refractivity contribution >= 4 is 0 Å². The zero-order chi connectivity index (χ0) is 13.6. The van der Waals surface area contributed by atoms with Crippen molar-refractivity contribution in [1.29, 1.82) is 0 Å². The lowest BCUT2D eigenvalue weighted by molar-refractivity contribution is 0.0294. The summed E-state index contributed by atoms with van der Waals surface area (Å²) in [6.45, 7) is 9.12. The van der Waals surface area contributed by atoms with Gasteiger partial charge in [-0.2, -0.15) is 0 Å². The molecule has 0 radical (unpaired) electrons. The molecule has 2 N–H and O–H groups in total. The molecule has 0 amide bonds. The van der Waals surface area contributed by atoms with Crippen molar-refractivity contribution in [3.63, 3.8) is 0 Å². The molecule has 0 saturated heterocycles. The average Bonchev–Trinajstić information content (AvgIpc) is 2.51. The highest BCUT2D eigenvalue weighted by Gasteiger charge is 2.34. The minimum atomic E-state index is 0.213. The predicted octanol–water partition coefficient (Wildman–Crippen LogP) is 2.64. The molecule has 3 heteroatoms. The van der Waals surface area contributed by atoms with E-state index in [0.717, 1.165) is 25.6 Å². The minimum Gasteiger partial charge on any atom is -0.377 e. The first-order chi connectivity index (χ1) is 8.50. The molecule has 2 atom stereocenters. The SMILES string of the molecule is CC1CCCC(CN)(N(C)CCOC(C)C)CC1. The molecule has 1 fully saturated rings. The van der Waals surface area contributed by atoms with Crippen molar-refractivity contribution in [1.82, 2.24) is 4.90 Å². The van der Waals surface area contributed by atoms with Gasteiger partial charge in [0.25, 0.3) is 0 Å². The number of ether oxygens (including phenoxy) is 1. The molecule has 1 aliphatic rings. The van der Waals surface area contributed by atoms with E-state index in [1.807, 2.05) is 0 Å². The topological polar surface area (TPSA) is 38.5 Å². The fourth-order valence-corrected chi connectivity index (χ4v) is 2.97. The molecule has 18 heavy (non-hydrogen) atoms. The molecule has 0 aliphatic heterocycles. The Labute approximate surface area is 113 Å². The van der Waals surface area contributed by atoms with Crippen molar-refractivity contribution in [2.75, 3.05) is 26.7 Å². The van der Waals surface area contributed by atoms with Crippen molar-refractivity contribution in [2.45, 2.75) is 64.5 Å². The summed E-state index contributed by atoms with van der Waals surface area (Å²) in [5.41, 5.74) is 6.32. The Morgan fingerprint density at radius 3 is 2.67 bits per heavy atom. The van der Waals surface area contributed by atoms with Gasteiger partial charge in [0.05, 0.1) is 12.7 Å². The summed E-state index contributed by atoms with van der Waals surface area (Å²) in [6.07, 6.45) is 6.79. The second-order valence-electron chi connectivity index (χ2n) is 6.31. The molecule has 0 bridgehead atoms. The summed E-state index contributed by atoms with van der Waals surface area (Å²) < 4.78 is 5.66. The third kappa shape index (κ3) is 4.52. The first-order valence-corrected chi connectivity index (χ1v) is 7.53. The standard InChI is InChI=1S/C15H32N2O/c1-13(2)18-11-10-17(4)15(12-16)8-5-6-14(3)7-9-15/h13-14H,5-12,16H2,1-4H3. The monoisotopic (exact) mass is 256 g/mol. The Balaban J connectivity index is 2.51. The van der Waals surface area contributed by atoms with E-state index in [2.05, 4.69) is 32.7 Å². The van der Waals surface area contributed by atoms with Gasteiger partial charge in [0.15, 0.2) is 0 Å². The maximum absolute atomic E-state index is 6.10. The van der Waals surface area contributed by atoms with E-state index in [1.165, 1.54) is 32.1 Å². The van der Waals surface area contributed by atoms with E-state index in [-0.39, 0.29) is 5.54 Å². The van der Waals surface area contributed by atoms with Crippen molar-refractivity contribution in [3.05, 3.63) is 0 Å². The highest BCUT2D eigenvalue weighted by Crippen LogP contribution is 2.33. The van der Waals surface area contributed by atoms with E-state index >= 15 is 0 Å². The number of likely N-dealkylation sites (N-methyl/N-ethyl adjacent to an activating group) is 1. The zero-order valence-electron chi connectivity index (χ0n) is 12.7. The molecule has 108 valence electrons. The lowest BCUT2D eigenvalue weighted by Crippen LogP contribution is -2.52. The molecular weight excluding hydrogens is 224 g/mol. The molecule has 1 saturated carbocycles. The van der Waals surface area contributed by atoms with Gasteiger partial charge in [0.2, 0.25) is 0 Å². The Morgan fingerprint density at radius 1 is 1.33 bits per heavy atom. The highest BCUT2D eigenvalue weighted by molar-refractivity contribution is 4.92. The van der Waals surface area contributed by atoms with Crippen LogP contribution in [0.25, 0.3) is 0 Å². The van der Waals surface area contributed by atoms with Gasteiger partial charge in [0.1, 0.15) is 0 Å². The average molecular weight is 256 g/mol. The lowest BCUT2D eigenvalue weighted by atomic mass is 9.88. The molecule has 0 aromatic carbocycles. The van der Waals surface area contributed by atoms with Crippen molar-refractivity contribution in [2.24, 2.45) is 11.7 Å². The van der Waals surface area contributed by atoms with Crippen LogP contribution in [0.1, 0.15) is 52.9 Å². The van der Waals surface area contributed by atoms with E-state index in [1.54, 1.807) is 0 Å². The number of hydrogen-bond donors (Lipinski definition) is 1. The van der Waals surface area contributed by atoms with Gasteiger partial charge in [0, 0.05) is 18.6 Å². The van der Waals surface area contributed by atoms with Gasteiger partial charge in [-0.3, -0.25) is 4.90 Å². The quantitative estimate of drug-likeness (QED) is 0.743. The van der Waals surface area contributed by atoms with Gasteiger partial charge in [-0.15, -0.1) is 0 Å². The summed E-state index contributed by atoms with van der Waals surface area (Å²) in [7, 11) is 2.21. The molecule has 3 nitrogen and oxygen atoms in total. The molecule has 1 aliphatic carbocycles. The number of nitrogens with zero attached hydrogens (tertiary/aromatic N) is 1. The molecule has 0 aromatic rings. The van der Waals surface area contributed by atoms with Crippen LogP contribution in [-0.2, 0) is 4.74 Å². The van der Waals surface area contributed by atoms with E-state index in [9.17, 15) is 0 Å². The fraction of sp³-hybridized carbons (Fsp3) is 1.00. The molecule has 0 spiro atoms. The van der Waals surface area contributed by atoms with E-state index < -0.39 is 0 Å². The minimum absolute atomic E-state index is 0.213. The second-order valence-corrected chi connectivity index (χ2v) is 6.31. The van der Waals surface area contributed by atoms with E-state index in [4.69, 9.17) is 10.5 Å². The first-order valence-electron chi connectivity index (χ1n) is 7.53. The van der Waals surface area contributed by atoms with Gasteiger partial charge in [-0.1, -0.05) is 19.8 Å². The first kappa shape index (κ1) is 15.9. The number of nitrogens with two attached hydrogens (primary N) is 1. The van der Waals surface area contributed by atoms with Crippen LogP contribution in [0, 0.1) is 5.92 Å². The van der Waals surface area contributed by atoms with Crippen LogP contribution in [0.4, 0.5) is 0 Å². The van der Waals surface area contributed by atoms with Gasteiger partial charge < -0.3 is 10.5 Å². The van der Waals surface area contributed by atoms with Crippen LogP contribution in [0.15, 0.2) is 0 Å². The van der Waals surface area contributed by atoms with Gasteiger partial charge in [-0.25, -0.2) is 0 Å². The number of rotatable bonds is 6.